The molecule has 23 heavy (non-hydrogen) atoms. The van der Waals surface area contributed by atoms with Gasteiger partial charge in [-0.25, -0.2) is 0 Å². The maximum Gasteiger partial charge on any atom is 0.224 e. The molecule has 2 rings (SSSR count). The molecular weight excluding hydrogens is 341 g/mol. The molecule has 2 saturated heterocycles. The number of carbonyl (C=O) groups is 1. The van der Waals surface area contributed by atoms with Crippen LogP contribution in [0.3, 0.4) is 0 Å². The molecule has 0 saturated carbocycles. The number of amides is 1. The first kappa shape index (κ1) is 22.9. The highest BCUT2D eigenvalue weighted by molar-refractivity contribution is 5.85. The van der Waals surface area contributed by atoms with E-state index in [1.165, 1.54) is 0 Å². The highest BCUT2D eigenvalue weighted by Crippen LogP contribution is 2.07. The first-order valence-corrected chi connectivity index (χ1v) is 8.08. The zero-order valence-electron chi connectivity index (χ0n) is 14.2. The van der Waals surface area contributed by atoms with Crippen LogP contribution in [0.4, 0.5) is 0 Å². The first-order chi connectivity index (χ1) is 10.1. The minimum Gasteiger partial charge on any atom is -0.378 e. The van der Waals surface area contributed by atoms with Gasteiger partial charge < -0.3 is 19.7 Å². The van der Waals surface area contributed by atoms with Crippen LogP contribution in [0.25, 0.3) is 0 Å². The van der Waals surface area contributed by atoms with Crippen molar-refractivity contribution < 1.29 is 14.3 Å². The molecule has 2 fully saturated rings. The number of nitrogens with zero attached hydrogens (tertiary/aromatic N) is 2. The average Bonchev–Trinajstić information content (AvgIpc) is 2.48. The second kappa shape index (κ2) is 12.3. The fourth-order valence-corrected chi connectivity index (χ4v) is 2.73. The van der Waals surface area contributed by atoms with Crippen LogP contribution >= 0.6 is 24.8 Å². The minimum atomic E-state index is 0. The Morgan fingerprint density at radius 3 is 2.52 bits per heavy atom. The zero-order chi connectivity index (χ0) is 15.1. The molecule has 0 aliphatic carbocycles. The van der Waals surface area contributed by atoms with E-state index < -0.39 is 0 Å². The lowest BCUT2D eigenvalue weighted by Gasteiger charge is -2.35. The molecule has 1 amide bonds. The van der Waals surface area contributed by atoms with Gasteiger partial charge in [-0.3, -0.25) is 9.69 Å². The van der Waals surface area contributed by atoms with E-state index in [4.69, 9.17) is 9.47 Å². The largest absolute Gasteiger partial charge is 0.378 e. The van der Waals surface area contributed by atoms with Gasteiger partial charge >= 0.3 is 0 Å². The Bertz CT molecular complexity index is 321. The number of morpholine rings is 1. The van der Waals surface area contributed by atoms with E-state index in [0.717, 1.165) is 52.5 Å². The number of carbonyl (C=O) groups excluding carboxylic acids is 1. The molecule has 0 aromatic carbocycles. The summed E-state index contributed by atoms with van der Waals surface area (Å²) in [5.74, 6) is 0.246. The van der Waals surface area contributed by atoms with E-state index in [-0.39, 0.29) is 42.9 Å². The van der Waals surface area contributed by atoms with Gasteiger partial charge in [-0.05, 0) is 13.8 Å². The van der Waals surface area contributed by atoms with Crippen LogP contribution in [-0.2, 0) is 14.3 Å². The van der Waals surface area contributed by atoms with Gasteiger partial charge in [-0.2, -0.15) is 0 Å². The number of piperazine rings is 1. The molecule has 0 aromatic rings. The van der Waals surface area contributed by atoms with Gasteiger partial charge in [0.1, 0.15) is 0 Å². The molecular formula is C15H31Cl2N3O3. The number of ether oxygens (including phenoxy) is 2. The number of nitrogens with one attached hydrogen (secondary N) is 1. The Kier molecular flexibility index (Phi) is 12.2. The Morgan fingerprint density at radius 1 is 1.26 bits per heavy atom. The molecule has 1 unspecified atom stereocenters. The monoisotopic (exact) mass is 371 g/mol. The molecule has 0 spiro atoms. The van der Waals surface area contributed by atoms with Crippen molar-refractivity contribution in [1.82, 2.24) is 15.1 Å². The topological polar surface area (TPSA) is 54.0 Å². The van der Waals surface area contributed by atoms with Crippen LogP contribution in [0.15, 0.2) is 0 Å². The maximum absolute atomic E-state index is 12.3. The fraction of sp³-hybridized carbons (Fsp3) is 0.933. The molecule has 0 aromatic heterocycles. The predicted octanol–water partition coefficient (Wildman–Crippen LogP) is 0.778. The van der Waals surface area contributed by atoms with E-state index in [1.54, 1.807) is 0 Å². The molecule has 6 nitrogen and oxygen atoms in total. The van der Waals surface area contributed by atoms with E-state index in [0.29, 0.717) is 13.0 Å². The quantitative estimate of drug-likeness (QED) is 0.747. The lowest BCUT2D eigenvalue weighted by atomic mass is 10.1. The highest BCUT2D eigenvalue weighted by atomic mass is 35.5. The number of hydrogen-bond donors (Lipinski definition) is 1. The van der Waals surface area contributed by atoms with Gasteiger partial charge in [0.05, 0.1) is 25.9 Å². The van der Waals surface area contributed by atoms with Crippen LogP contribution in [0.5, 0.6) is 0 Å². The molecule has 2 aliphatic heterocycles. The molecule has 1 atom stereocenters. The molecule has 8 heteroatoms. The highest BCUT2D eigenvalue weighted by Gasteiger charge is 2.24. The molecule has 138 valence electrons. The second-order valence-electron chi connectivity index (χ2n) is 6.07. The zero-order valence-corrected chi connectivity index (χ0v) is 15.8. The molecule has 1 N–H and O–H groups in total. The smallest absolute Gasteiger partial charge is 0.224 e. The maximum atomic E-state index is 12.3. The minimum absolute atomic E-state index is 0. The Morgan fingerprint density at radius 2 is 1.96 bits per heavy atom. The van der Waals surface area contributed by atoms with Gasteiger partial charge in [0.25, 0.3) is 0 Å². The van der Waals surface area contributed by atoms with Crippen LogP contribution in [-0.4, -0.2) is 86.9 Å². The number of halogens is 2. The van der Waals surface area contributed by atoms with Crippen molar-refractivity contribution >= 4 is 30.7 Å². The van der Waals surface area contributed by atoms with Gasteiger partial charge in [0, 0.05) is 51.7 Å². The SMILES string of the molecule is CC(C)OCCN1CCN(C(=O)CC2COCCN2)CC1.Cl.Cl. The van der Waals surface area contributed by atoms with Crippen molar-refractivity contribution in [3.05, 3.63) is 0 Å². The average molecular weight is 372 g/mol. The Balaban J connectivity index is 0.00000242. The molecule has 2 heterocycles. The van der Waals surface area contributed by atoms with Crippen molar-refractivity contribution in [3.8, 4) is 0 Å². The summed E-state index contributed by atoms with van der Waals surface area (Å²) in [5, 5.41) is 3.34. The molecule has 2 aliphatic rings. The number of rotatable bonds is 6. The van der Waals surface area contributed by atoms with Crippen LogP contribution in [0.2, 0.25) is 0 Å². The van der Waals surface area contributed by atoms with E-state index >= 15 is 0 Å². The summed E-state index contributed by atoms with van der Waals surface area (Å²) >= 11 is 0. The summed E-state index contributed by atoms with van der Waals surface area (Å²) in [6.45, 7) is 11.6. The van der Waals surface area contributed by atoms with Crippen LogP contribution in [0.1, 0.15) is 20.3 Å². The van der Waals surface area contributed by atoms with Crippen molar-refractivity contribution in [3.63, 3.8) is 0 Å². The van der Waals surface area contributed by atoms with Crippen LogP contribution < -0.4 is 5.32 Å². The molecule has 0 bridgehead atoms. The van der Waals surface area contributed by atoms with Crippen molar-refractivity contribution in [2.45, 2.75) is 32.4 Å². The van der Waals surface area contributed by atoms with Crippen molar-refractivity contribution in [2.24, 2.45) is 0 Å². The lowest BCUT2D eigenvalue weighted by molar-refractivity contribution is -0.134. The summed E-state index contributed by atoms with van der Waals surface area (Å²) < 4.78 is 11.0. The molecule has 0 radical (unpaired) electrons. The Hall–Kier alpha value is -0.110. The number of hydrogen-bond acceptors (Lipinski definition) is 5. The van der Waals surface area contributed by atoms with Crippen molar-refractivity contribution in [2.75, 3.05) is 59.1 Å². The van der Waals surface area contributed by atoms with Gasteiger partial charge in [-0.1, -0.05) is 0 Å². The van der Waals surface area contributed by atoms with E-state index in [1.807, 2.05) is 4.90 Å². The lowest BCUT2D eigenvalue weighted by Crippen LogP contribution is -2.51. The third kappa shape index (κ3) is 8.52. The van der Waals surface area contributed by atoms with Crippen LogP contribution in [0, 0.1) is 0 Å². The Labute approximate surface area is 152 Å². The standard InChI is InChI=1S/C15H29N3O3.2ClH/c1-13(2)21-10-8-17-4-6-18(7-5-17)15(19)11-14-12-20-9-3-16-14;;/h13-14,16H,3-12H2,1-2H3;2*1H. The fourth-order valence-electron chi connectivity index (χ4n) is 2.73. The summed E-state index contributed by atoms with van der Waals surface area (Å²) in [6, 6.07) is 0.184. The predicted molar refractivity (Wildman–Crippen MR) is 95.8 cm³/mol. The normalized spacial score (nSPS) is 22.4. The summed E-state index contributed by atoms with van der Waals surface area (Å²) in [6.07, 6.45) is 0.842. The van der Waals surface area contributed by atoms with Gasteiger partial charge in [0.2, 0.25) is 5.91 Å². The second-order valence-corrected chi connectivity index (χ2v) is 6.07. The van der Waals surface area contributed by atoms with Gasteiger partial charge in [0.15, 0.2) is 0 Å². The summed E-state index contributed by atoms with van der Waals surface area (Å²) in [5.41, 5.74) is 0. The third-order valence-electron chi connectivity index (χ3n) is 4.00. The van der Waals surface area contributed by atoms with E-state index in [9.17, 15) is 4.79 Å². The van der Waals surface area contributed by atoms with Crippen molar-refractivity contribution in [1.29, 1.82) is 0 Å². The van der Waals surface area contributed by atoms with Gasteiger partial charge in [-0.15, -0.1) is 24.8 Å². The summed E-state index contributed by atoms with van der Waals surface area (Å²) in [7, 11) is 0. The third-order valence-corrected chi connectivity index (χ3v) is 4.00. The first-order valence-electron chi connectivity index (χ1n) is 8.08. The summed E-state index contributed by atoms with van der Waals surface area (Å²) in [4.78, 5) is 16.6. The van der Waals surface area contributed by atoms with E-state index in [2.05, 4.69) is 24.1 Å².